The number of carboxylic acids is 1. The summed E-state index contributed by atoms with van der Waals surface area (Å²) in [6.07, 6.45) is 0. The highest BCUT2D eigenvalue weighted by Gasteiger charge is 2.54. The molecule has 4 rings (SSSR count). The van der Waals surface area contributed by atoms with Crippen molar-refractivity contribution >= 4 is 64.4 Å². The zero-order valence-corrected chi connectivity index (χ0v) is 20.6. The molecule has 184 valence electrons. The third-order valence-corrected chi connectivity index (χ3v) is 7.72. The van der Waals surface area contributed by atoms with Crippen LogP contribution in [0, 0.1) is 0 Å². The van der Waals surface area contributed by atoms with Crippen LogP contribution in [-0.2, 0) is 26.3 Å². The van der Waals surface area contributed by atoms with Gasteiger partial charge < -0.3 is 21.0 Å². The van der Waals surface area contributed by atoms with Crippen molar-refractivity contribution in [1.29, 1.82) is 0 Å². The van der Waals surface area contributed by atoms with Gasteiger partial charge in [0, 0.05) is 18.6 Å². The van der Waals surface area contributed by atoms with Crippen LogP contribution < -0.4 is 11.1 Å². The molecule has 0 aromatic carbocycles. The van der Waals surface area contributed by atoms with E-state index in [2.05, 4.69) is 31.0 Å². The Kier molecular flexibility index (Phi) is 7.13. The number of rotatable bonds is 8. The van der Waals surface area contributed by atoms with Crippen molar-refractivity contribution in [2.75, 3.05) is 24.3 Å². The predicted octanol–water partition coefficient (Wildman–Crippen LogP) is -0.278. The maximum Gasteiger partial charge on any atom is 0.352 e. The Hall–Kier alpha value is -3.37. The number of carbonyl (C=O) groups is 3. The highest BCUT2D eigenvalue weighted by molar-refractivity contribution is 8.01. The molecule has 1 saturated heterocycles. The number of nitrogen functional groups attached to an aromatic ring is 1. The van der Waals surface area contributed by atoms with E-state index >= 15 is 0 Å². The van der Waals surface area contributed by atoms with Gasteiger partial charge in [-0.05, 0) is 28.1 Å². The molecular formula is C18H18ClN9O5S2. The second-order valence-corrected chi connectivity index (χ2v) is 9.64. The van der Waals surface area contributed by atoms with Crippen molar-refractivity contribution in [2.45, 2.75) is 16.6 Å². The third-order valence-electron chi connectivity index (χ3n) is 4.98. The van der Waals surface area contributed by atoms with Crippen LogP contribution in [0.25, 0.3) is 0 Å². The molecule has 4 N–H and O–H groups in total. The second-order valence-electron chi connectivity index (χ2n) is 7.18. The van der Waals surface area contributed by atoms with Crippen molar-refractivity contribution in [3.05, 3.63) is 34.1 Å². The first kappa shape index (κ1) is 24.7. The number of nitrogens with two attached hydrogens (primary N) is 1. The van der Waals surface area contributed by atoms with Crippen LogP contribution in [0.2, 0.25) is 5.02 Å². The maximum atomic E-state index is 13.0. The van der Waals surface area contributed by atoms with Gasteiger partial charge in [0.1, 0.15) is 35.7 Å². The average molecular weight is 540 g/mol. The minimum absolute atomic E-state index is 0.0189. The fourth-order valence-electron chi connectivity index (χ4n) is 3.41. The largest absolute Gasteiger partial charge is 0.477 e. The van der Waals surface area contributed by atoms with E-state index in [0.29, 0.717) is 16.5 Å². The van der Waals surface area contributed by atoms with Gasteiger partial charge in [0.25, 0.3) is 11.8 Å². The summed E-state index contributed by atoms with van der Waals surface area (Å²) < 4.78 is 1.46. The molecule has 2 amide bonds. The van der Waals surface area contributed by atoms with Crippen LogP contribution in [0.15, 0.2) is 33.7 Å². The number of aliphatic carboxylic acids is 1. The van der Waals surface area contributed by atoms with E-state index in [-0.39, 0.29) is 33.7 Å². The number of nitrogens with one attached hydrogen (secondary N) is 1. The number of aryl methyl sites for hydroxylation is 1. The van der Waals surface area contributed by atoms with E-state index < -0.39 is 29.2 Å². The van der Waals surface area contributed by atoms with Crippen molar-refractivity contribution < 1.29 is 24.3 Å². The molecule has 0 saturated carbocycles. The van der Waals surface area contributed by atoms with Gasteiger partial charge in [0.05, 0.1) is 5.02 Å². The van der Waals surface area contributed by atoms with Crippen LogP contribution in [0.4, 0.5) is 5.82 Å². The van der Waals surface area contributed by atoms with Gasteiger partial charge >= 0.3 is 5.97 Å². The molecule has 0 spiro atoms. The summed E-state index contributed by atoms with van der Waals surface area (Å²) in [5.74, 6) is -1.87. The minimum Gasteiger partial charge on any atom is -0.477 e. The molecule has 2 aromatic heterocycles. The van der Waals surface area contributed by atoms with E-state index in [1.165, 1.54) is 52.3 Å². The lowest BCUT2D eigenvalue weighted by Crippen LogP contribution is -2.71. The Morgan fingerprint density at radius 3 is 2.89 bits per heavy atom. The lowest BCUT2D eigenvalue weighted by atomic mass is 10.0. The quantitative estimate of drug-likeness (QED) is 0.172. The maximum absolute atomic E-state index is 13.0. The number of fused-ring (bicyclic) bond motifs is 1. The number of anilines is 1. The summed E-state index contributed by atoms with van der Waals surface area (Å²) in [4.78, 5) is 47.9. The van der Waals surface area contributed by atoms with Crippen molar-refractivity contribution in [1.82, 2.24) is 35.4 Å². The molecule has 2 atom stereocenters. The predicted molar refractivity (Wildman–Crippen MR) is 126 cm³/mol. The molecule has 1 unspecified atom stereocenters. The van der Waals surface area contributed by atoms with E-state index in [1.54, 1.807) is 7.05 Å². The first-order chi connectivity index (χ1) is 16.7. The van der Waals surface area contributed by atoms with Gasteiger partial charge in [-0.2, -0.15) is 0 Å². The Bertz CT molecular complexity index is 1270. The number of hydrogen-bond acceptors (Lipinski definition) is 12. The number of carboxylic acid groups (broad SMARTS) is 1. The van der Waals surface area contributed by atoms with Crippen molar-refractivity contribution in [2.24, 2.45) is 12.2 Å². The number of nitrogens with zero attached hydrogens (tertiary/aromatic N) is 7. The van der Waals surface area contributed by atoms with Gasteiger partial charge in [0.15, 0.2) is 5.71 Å². The average Bonchev–Trinajstić information content (AvgIpc) is 3.24. The lowest BCUT2D eigenvalue weighted by molar-refractivity contribution is -0.150. The number of halogens is 1. The van der Waals surface area contributed by atoms with E-state index in [4.69, 9.17) is 22.2 Å². The number of oxime groups is 1. The fraction of sp³-hybridized carbons (Fsp3) is 0.333. The molecule has 0 radical (unpaired) electrons. The standard InChI is InChI=1S/C18H18ClN9O5S2/c1-27-18(23-25-26-27)35-6-7-5-34-16-12(15(30)28(16)13(7)17(31)32)22-14(29)11(24-33-2)10-8(19)3-4-9(20)21-10/h3-4,12,16H,5-6H2,1-2H3,(H2,20,21)(H,22,29)(H,31,32)/t12?,16-/m1/s1. The summed E-state index contributed by atoms with van der Waals surface area (Å²) in [6.45, 7) is 0. The zero-order chi connectivity index (χ0) is 25.3. The smallest absolute Gasteiger partial charge is 0.352 e. The Labute approximate surface area is 211 Å². The first-order valence-corrected chi connectivity index (χ1v) is 12.2. The molecule has 4 heterocycles. The number of thioether (sulfide) groups is 2. The number of β-lactam (4-membered cyclic amide) rings is 1. The van der Waals surface area contributed by atoms with Crippen molar-refractivity contribution in [3.8, 4) is 0 Å². The Morgan fingerprint density at radius 2 is 2.23 bits per heavy atom. The zero-order valence-electron chi connectivity index (χ0n) is 18.2. The van der Waals surface area contributed by atoms with E-state index in [0.717, 1.165) is 0 Å². The lowest BCUT2D eigenvalue weighted by Gasteiger charge is -2.49. The third kappa shape index (κ3) is 4.76. The van der Waals surface area contributed by atoms with Crippen molar-refractivity contribution in [3.63, 3.8) is 0 Å². The van der Waals surface area contributed by atoms with E-state index in [1.807, 2.05) is 0 Å². The van der Waals surface area contributed by atoms with Gasteiger partial charge in [0.2, 0.25) is 5.16 Å². The van der Waals surface area contributed by atoms with Gasteiger partial charge in [-0.3, -0.25) is 14.5 Å². The number of pyridine rings is 1. The molecular weight excluding hydrogens is 522 g/mol. The summed E-state index contributed by atoms with van der Waals surface area (Å²) >= 11 is 8.72. The van der Waals surface area contributed by atoms with Crippen LogP contribution in [0.5, 0.6) is 0 Å². The van der Waals surface area contributed by atoms with Gasteiger partial charge in [-0.25, -0.2) is 14.5 Å². The summed E-state index contributed by atoms with van der Waals surface area (Å²) in [5.41, 5.74) is 5.83. The fourth-order valence-corrected chi connectivity index (χ4v) is 5.94. The van der Waals surface area contributed by atoms with Crippen LogP contribution in [0.3, 0.4) is 0 Å². The monoisotopic (exact) mass is 539 g/mol. The highest BCUT2D eigenvalue weighted by Crippen LogP contribution is 2.41. The Balaban J connectivity index is 1.52. The SMILES string of the molecule is CON=C(C(=O)NC1C(=O)N2C(C(=O)O)=C(CSc3nnnn3C)CS[C@H]12)c1nc(N)ccc1Cl. The summed E-state index contributed by atoms with van der Waals surface area (Å²) in [5, 5.41) is 27.2. The number of hydrogen-bond donors (Lipinski definition) is 3. The van der Waals surface area contributed by atoms with Crippen LogP contribution in [0.1, 0.15) is 5.69 Å². The molecule has 0 aliphatic carbocycles. The number of amides is 2. The number of tetrazole rings is 1. The first-order valence-electron chi connectivity index (χ1n) is 9.82. The van der Waals surface area contributed by atoms with E-state index in [9.17, 15) is 19.5 Å². The van der Waals surface area contributed by atoms with Gasteiger partial charge in [-0.1, -0.05) is 28.5 Å². The van der Waals surface area contributed by atoms with Gasteiger partial charge in [-0.15, -0.1) is 16.9 Å². The second kappa shape index (κ2) is 10.1. The summed E-state index contributed by atoms with van der Waals surface area (Å²) in [6, 6.07) is 1.92. The highest BCUT2D eigenvalue weighted by atomic mass is 35.5. The molecule has 2 aliphatic heterocycles. The minimum atomic E-state index is -1.24. The molecule has 2 aliphatic rings. The number of carbonyl (C=O) groups excluding carboxylic acids is 2. The van der Waals surface area contributed by atoms with Crippen LogP contribution in [-0.4, -0.2) is 88.7 Å². The van der Waals surface area contributed by atoms with Crippen LogP contribution >= 0.6 is 35.1 Å². The molecule has 2 aromatic rings. The molecule has 1 fully saturated rings. The topological polar surface area (TPSA) is 191 Å². The molecule has 0 bridgehead atoms. The Morgan fingerprint density at radius 1 is 1.46 bits per heavy atom. The number of aromatic nitrogens is 5. The summed E-state index contributed by atoms with van der Waals surface area (Å²) in [7, 11) is 2.90. The molecule has 17 heteroatoms. The molecule has 14 nitrogen and oxygen atoms in total. The molecule has 35 heavy (non-hydrogen) atoms. The normalized spacial score (nSPS) is 19.8.